The molecule has 1 fully saturated rings. The van der Waals surface area contributed by atoms with E-state index in [9.17, 15) is 4.21 Å². The molecule has 0 bridgehead atoms. The highest BCUT2D eigenvalue weighted by atomic mass is 35.5. The molecule has 1 aliphatic rings. The molecule has 122 valence electrons. The van der Waals surface area contributed by atoms with E-state index in [0.29, 0.717) is 19.6 Å². The summed E-state index contributed by atoms with van der Waals surface area (Å²) in [5.41, 5.74) is 2.04. The van der Waals surface area contributed by atoms with Crippen molar-refractivity contribution in [2.75, 3.05) is 6.61 Å². The summed E-state index contributed by atoms with van der Waals surface area (Å²) >= 11 is 6.68. The van der Waals surface area contributed by atoms with Crippen LogP contribution in [0.1, 0.15) is 24.5 Å². The van der Waals surface area contributed by atoms with Gasteiger partial charge in [0.2, 0.25) is 0 Å². The first-order valence-corrected chi connectivity index (χ1v) is 9.27. The van der Waals surface area contributed by atoms with Gasteiger partial charge >= 0.3 is 0 Å². The molecular formula is C19H21ClO2S. The fourth-order valence-electron chi connectivity index (χ4n) is 2.72. The first-order chi connectivity index (χ1) is 10.9. The molecule has 2 nitrogen and oxygen atoms in total. The Labute approximate surface area is 145 Å². The molecule has 0 radical (unpaired) electrons. The summed E-state index contributed by atoms with van der Waals surface area (Å²) in [7, 11) is -1.23. The van der Waals surface area contributed by atoms with Crippen molar-refractivity contribution in [3.05, 3.63) is 65.7 Å². The molecule has 0 N–H and O–H groups in total. The minimum absolute atomic E-state index is 0.251. The zero-order chi connectivity index (χ0) is 16.5. The van der Waals surface area contributed by atoms with Crippen LogP contribution in [0.3, 0.4) is 0 Å². The van der Waals surface area contributed by atoms with E-state index in [2.05, 4.69) is 6.92 Å². The SMILES string of the molecule is Cc1ccc(S(=O)[C@]2(Cl)C[C@]2(C)COCc2ccccc2)cc1. The lowest BCUT2D eigenvalue weighted by molar-refractivity contribution is 0.0833. The Bertz CT molecular complexity index is 701. The van der Waals surface area contributed by atoms with Crippen LogP contribution in [0.4, 0.5) is 0 Å². The van der Waals surface area contributed by atoms with Gasteiger partial charge in [-0.1, -0.05) is 55.0 Å². The Kier molecular flexibility index (Phi) is 4.63. The lowest BCUT2D eigenvalue weighted by atomic mass is 10.2. The molecule has 0 spiro atoms. The molecule has 2 aromatic carbocycles. The van der Waals surface area contributed by atoms with Gasteiger partial charge in [0.15, 0.2) is 0 Å². The van der Waals surface area contributed by atoms with Gasteiger partial charge in [-0.2, -0.15) is 0 Å². The topological polar surface area (TPSA) is 26.3 Å². The standard InChI is InChI=1S/C19H21ClO2S/c1-15-8-10-17(11-9-15)23(21)19(20)13-18(19,2)14-22-12-16-6-4-3-5-7-16/h3-11H,12-14H2,1-2H3/t18-,19-,23?/m1/s1. The minimum atomic E-state index is -1.23. The van der Waals surface area contributed by atoms with Crippen LogP contribution in [0.5, 0.6) is 0 Å². The lowest BCUT2D eigenvalue weighted by Gasteiger charge is -2.17. The molecule has 1 unspecified atom stereocenters. The molecule has 23 heavy (non-hydrogen) atoms. The van der Waals surface area contributed by atoms with Crippen molar-refractivity contribution in [1.29, 1.82) is 0 Å². The predicted octanol–water partition coefficient (Wildman–Crippen LogP) is 4.66. The zero-order valence-electron chi connectivity index (χ0n) is 13.4. The predicted molar refractivity (Wildman–Crippen MR) is 95.0 cm³/mol. The van der Waals surface area contributed by atoms with Gasteiger partial charge < -0.3 is 4.74 Å². The molecule has 3 atom stereocenters. The van der Waals surface area contributed by atoms with Crippen molar-refractivity contribution in [2.45, 2.75) is 36.0 Å². The molecular weight excluding hydrogens is 328 g/mol. The maximum Gasteiger partial charge on any atom is 0.132 e. The Morgan fingerprint density at radius 1 is 1.13 bits per heavy atom. The van der Waals surface area contributed by atoms with Crippen LogP contribution in [0.15, 0.2) is 59.5 Å². The lowest BCUT2D eigenvalue weighted by Crippen LogP contribution is -2.22. The Morgan fingerprint density at radius 2 is 1.78 bits per heavy atom. The van der Waals surface area contributed by atoms with Gasteiger partial charge in [0.25, 0.3) is 0 Å². The number of alkyl halides is 1. The molecule has 0 heterocycles. The molecule has 0 aromatic heterocycles. The summed E-state index contributed by atoms with van der Waals surface area (Å²) in [5, 5.41) is 0. The Balaban J connectivity index is 1.61. The van der Waals surface area contributed by atoms with Crippen LogP contribution in [-0.2, 0) is 22.1 Å². The first-order valence-electron chi connectivity index (χ1n) is 7.74. The molecule has 0 amide bonds. The number of ether oxygens (including phenoxy) is 1. The van der Waals surface area contributed by atoms with Crippen molar-refractivity contribution in [3.63, 3.8) is 0 Å². The highest BCUT2D eigenvalue weighted by Gasteiger charge is 2.68. The monoisotopic (exact) mass is 348 g/mol. The van der Waals surface area contributed by atoms with Gasteiger partial charge in [0, 0.05) is 10.3 Å². The van der Waals surface area contributed by atoms with Gasteiger partial charge in [0.1, 0.15) is 4.21 Å². The largest absolute Gasteiger partial charge is 0.376 e. The fourth-order valence-corrected chi connectivity index (χ4v) is 5.05. The molecule has 4 heteroatoms. The highest BCUT2D eigenvalue weighted by molar-refractivity contribution is 7.88. The van der Waals surface area contributed by atoms with Crippen molar-refractivity contribution in [1.82, 2.24) is 0 Å². The minimum Gasteiger partial charge on any atom is -0.376 e. The summed E-state index contributed by atoms with van der Waals surface area (Å²) < 4.78 is 17.9. The van der Waals surface area contributed by atoms with Crippen molar-refractivity contribution in [3.8, 4) is 0 Å². The van der Waals surface area contributed by atoms with Crippen LogP contribution in [-0.4, -0.2) is 15.0 Å². The highest BCUT2D eigenvalue weighted by Crippen LogP contribution is 2.64. The van der Waals surface area contributed by atoms with Crippen LogP contribution in [0.2, 0.25) is 0 Å². The van der Waals surface area contributed by atoms with E-state index in [1.165, 1.54) is 0 Å². The molecule has 1 saturated carbocycles. The third kappa shape index (κ3) is 3.37. The third-order valence-electron chi connectivity index (χ3n) is 4.45. The third-order valence-corrected chi connectivity index (χ3v) is 7.39. The van der Waals surface area contributed by atoms with E-state index < -0.39 is 15.0 Å². The molecule has 3 rings (SSSR count). The number of hydrogen-bond donors (Lipinski definition) is 0. The average Bonchev–Trinajstić information content (AvgIpc) is 3.11. The second kappa shape index (κ2) is 6.39. The number of halogens is 1. The van der Waals surface area contributed by atoms with Gasteiger partial charge in [-0.3, -0.25) is 4.21 Å². The second-order valence-electron chi connectivity index (χ2n) is 6.53. The molecule has 1 aliphatic carbocycles. The number of benzene rings is 2. The molecule has 0 saturated heterocycles. The van der Waals surface area contributed by atoms with Crippen LogP contribution in [0, 0.1) is 12.3 Å². The van der Waals surface area contributed by atoms with Crippen molar-refractivity contribution in [2.24, 2.45) is 5.41 Å². The summed E-state index contributed by atoms with van der Waals surface area (Å²) in [4.78, 5) is 0.789. The van der Waals surface area contributed by atoms with E-state index in [1.807, 2.05) is 61.5 Å². The Hall–Kier alpha value is -1.16. The van der Waals surface area contributed by atoms with Gasteiger partial charge in [-0.25, -0.2) is 0 Å². The number of rotatable bonds is 6. The summed E-state index contributed by atoms with van der Waals surface area (Å²) in [6, 6.07) is 17.8. The summed E-state index contributed by atoms with van der Waals surface area (Å²) in [6.45, 7) is 5.14. The van der Waals surface area contributed by atoms with Crippen LogP contribution >= 0.6 is 11.6 Å². The van der Waals surface area contributed by atoms with Crippen LogP contribution < -0.4 is 0 Å². The van der Waals surface area contributed by atoms with Crippen LogP contribution in [0.25, 0.3) is 0 Å². The molecule has 0 aliphatic heterocycles. The maximum atomic E-state index is 12.8. The van der Waals surface area contributed by atoms with Crippen molar-refractivity contribution < 1.29 is 8.95 Å². The Morgan fingerprint density at radius 3 is 2.43 bits per heavy atom. The fraction of sp³-hybridized carbons (Fsp3) is 0.368. The first kappa shape index (κ1) is 16.7. The smallest absolute Gasteiger partial charge is 0.132 e. The zero-order valence-corrected chi connectivity index (χ0v) is 15.0. The van der Waals surface area contributed by atoms with Crippen molar-refractivity contribution >= 4 is 22.4 Å². The van der Waals surface area contributed by atoms with Gasteiger partial charge in [-0.05, 0) is 31.0 Å². The van der Waals surface area contributed by atoms with E-state index >= 15 is 0 Å². The normalized spacial score (nSPS) is 27.6. The van der Waals surface area contributed by atoms with E-state index in [-0.39, 0.29) is 5.41 Å². The number of aryl methyl sites for hydroxylation is 1. The van der Waals surface area contributed by atoms with E-state index in [4.69, 9.17) is 16.3 Å². The summed E-state index contributed by atoms with van der Waals surface area (Å²) in [6.07, 6.45) is 0.705. The van der Waals surface area contributed by atoms with Gasteiger partial charge in [0.05, 0.1) is 24.0 Å². The van der Waals surface area contributed by atoms with E-state index in [0.717, 1.165) is 16.0 Å². The molecule has 2 aromatic rings. The quantitative estimate of drug-likeness (QED) is 0.709. The second-order valence-corrected chi connectivity index (χ2v) is 9.10. The number of hydrogen-bond acceptors (Lipinski definition) is 2. The summed E-state index contributed by atoms with van der Waals surface area (Å²) in [5.74, 6) is 0. The average molecular weight is 349 g/mol. The maximum absolute atomic E-state index is 12.8. The van der Waals surface area contributed by atoms with Gasteiger partial charge in [-0.15, -0.1) is 11.6 Å². The van der Waals surface area contributed by atoms with E-state index in [1.54, 1.807) is 0 Å².